The zero-order valence-corrected chi connectivity index (χ0v) is 15.2. The van der Waals surface area contributed by atoms with Gasteiger partial charge in [0.05, 0.1) is 17.0 Å². The van der Waals surface area contributed by atoms with Gasteiger partial charge in [0.1, 0.15) is 5.82 Å². The van der Waals surface area contributed by atoms with Crippen molar-refractivity contribution in [1.82, 2.24) is 9.97 Å². The summed E-state index contributed by atoms with van der Waals surface area (Å²) in [5.41, 5.74) is 3.46. The normalized spacial score (nSPS) is 20.3. The van der Waals surface area contributed by atoms with Crippen molar-refractivity contribution >= 4 is 17.4 Å². The standard InChI is InChI=1S/C20H23FN4O/c1-13-11-17-19(18(26)12-13)14(2)22-20(23-17)25-9-7-24(8-10-25)16-5-3-15(21)4-6-16/h3-6,13H,7-12H2,1-2H3/t13-/m1/s1. The van der Waals surface area contributed by atoms with E-state index in [1.807, 2.05) is 19.1 Å². The number of nitrogens with zero attached hydrogens (tertiary/aromatic N) is 4. The first-order valence-corrected chi connectivity index (χ1v) is 9.17. The minimum Gasteiger partial charge on any atom is -0.368 e. The molecule has 2 aliphatic rings. The van der Waals surface area contributed by atoms with Crippen LogP contribution in [0.1, 0.15) is 35.1 Å². The van der Waals surface area contributed by atoms with Crippen molar-refractivity contribution in [2.24, 2.45) is 5.92 Å². The molecule has 1 aromatic heterocycles. The molecule has 0 amide bonds. The van der Waals surface area contributed by atoms with E-state index in [0.29, 0.717) is 12.3 Å². The Kier molecular flexibility index (Phi) is 4.34. The molecule has 2 aromatic rings. The van der Waals surface area contributed by atoms with Crippen molar-refractivity contribution in [3.63, 3.8) is 0 Å². The highest BCUT2D eigenvalue weighted by Gasteiger charge is 2.28. The van der Waals surface area contributed by atoms with E-state index in [-0.39, 0.29) is 11.6 Å². The summed E-state index contributed by atoms with van der Waals surface area (Å²) < 4.78 is 13.1. The van der Waals surface area contributed by atoms with Crippen LogP contribution in [0.25, 0.3) is 0 Å². The maximum Gasteiger partial charge on any atom is 0.225 e. The van der Waals surface area contributed by atoms with Gasteiger partial charge in [-0.15, -0.1) is 0 Å². The molecule has 5 nitrogen and oxygen atoms in total. The fraction of sp³-hybridized carbons (Fsp3) is 0.450. The molecule has 136 valence electrons. The lowest BCUT2D eigenvalue weighted by molar-refractivity contribution is 0.0951. The van der Waals surface area contributed by atoms with Crippen LogP contribution < -0.4 is 9.80 Å². The Morgan fingerprint density at radius 3 is 2.35 bits per heavy atom. The number of hydrogen-bond donors (Lipinski definition) is 0. The van der Waals surface area contributed by atoms with E-state index >= 15 is 0 Å². The van der Waals surface area contributed by atoms with Crippen LogP contribution in [0.5, 0.6) is 0 Å². The van der Waals surface area contributed by atoms with Crippen LogP contribution in [0.3, 0.4) is 0 Å². The minimum atomic E-state index is -0.214. The van der Waals surface area contributed by atoms with Crippen LogP contribution in [0.4, 0.5) is 16.0 Å². The fourth-order valence-corrected chi connectivity index (χ4v) is 3.91. The molecule has 6 heteroatoms. The number of ketones is 1. The molecular weight excluding hydrogens is 331 g/mol. The fourth-order valence-electron chi connectivity index (χ4n) is 3.91. The maximum atomic E-state index is 13.1. The average molecular weight is 354 g/mol. The first kappa shape index (κ1) is 16.9. The molecule has 1 aliphatic heterocycles. The molecule has 0 spiro atoms. The Hall–Kier alpha value is -2.50. The molecule has 0 saturated carbocycles. The SMILES string of the molecule is Cc1nc(N2CCN(c3ccc(F)cc3)CC2)nc2c1C(=O)C[C@H](C)C2. The van der Waals surface area contributed by atoms with Crippen molar-refractivity contribution in [1.29, 1.82) is 0 Å². The number of benzene rings is 1. The second kappa shape index (κ2) is 6.67. The highest BCUT2D eigenvalue weighted by atomic mass is 19.1. The average Bonchev–Trinajstić information content (AvgIpc) is 2.61. The zero-order chi connectivity index (χ0) is 18.3. The molecule has 0 bridgehead atoms. The van der Waals surface area contributed by atoms with Gasteiger partial charge in [0.25, 0.3) is 0 Å². The van der Waals surface area contributed by atoms with E-state index in [2.05, 4.69) is 21.7 Å². The van der Waals surface area contributed by atoms with Crippen LogP contribution in [-0.2, 0) is 6.42 Å². The lowest BCUT2D eigenvalue weighted by Gasteiger charge is -2.36. The van der Waals surface area contributed by atoms with E-state index in [1.54, 1.807) is 0 Å². The lowest BCUT2D eigenvalue weighted by Crippen LogP contribution is -2.47. The van der Waals surface area contributed by atoms with Crippen molar-refractivity contribution in [3.05, 3.63) is 47.0 Å². The maximum absolute atomic E-state index is 13.1. The molecule has 1 fully saturated rings. The molecule has 1 saturated heterocycles. The van der Waals surface area contributed by atoms with Gasteiger partial charge in [0.15, 0.2) is 5.78 Å². The number of fused-ring (bicyclic) bond motifs is 1. The molecule has 1 atom stereocenters. The number of anilines is 2. The van der Waals surface area contributed by atoms with Crippen LogP contribution in [0.2, 0.25) is 0 Å². The van der Waals surface area contributed by atoms with Crippen LogP contribution in [0.15, 0.2) is 24.3 Å². The van der Waals surface area contributed by atoms with E-state index in [0.717, 1.165) is 61.2 Å². The molecule has 26 heavy (non-hydrogen) atoms. The van der Waals surface area contributed by atoms with E-state index in [1.165, 1.54) is 12.1 Å². The number of aromatic nitrogens is 2. The van der Waals surface area contributed by atoms with Gasteiger partial charge in [0.2, 0.25) is 5.95 Å². The van der Waals surface area contributed by atoms with E-state index in [4.69, 9.17) is 4.98 Å². The molecule has 0 radical (unpaired) electrons. The molecule has 0 unspecified atom stereocenters. The molecule has 1 aromatic carbocycles. The Balaban J connectivity index is 1.51. The van der Waals surface area contributed by atoms with Gasteiger partial charge in [-0.1, -0.05) is 6.92 Å². The lowest BCUT2D eigenvalue weighted by atomic mass is 9.86. The van der Waals surface area contributed by atoms with Crippen LogP contribution in [0, 0.1) is 18.7 Å². The summed E-state index contributed by atoms with van der Waals surface area (Å²) >= 11 is 0. The quantitative estimate of drug-likeness (QED) is 0.830. The van der Waals surface area contributed by atoms with E-state index in [9.17, 15) is 9.18 Å². The smallest absolute Gasteiger partial charge is 0.225 e. The van der Waals surface area contributed by atoms with Crippen LogP contribution >= 0.6 is 0 Å². The Morgan fingerprint density at radius 2 is 1.65 bits per heavy atom. The third-order valence-electron chi connectivity index (χ3n) is 5.26. The van der Waals surface area contributed by atoms with Crippen molar-refractivity contribution in [3.8, 4) is 0 Å². The number of carbonyl (C=O) groups excluding carboxylic acids is 1. The summed E-state index contributed by atoms with van der Waals surface area (Å²) in [7, 11) is 0. The first-order valence-electron chi connectivity index (χ1n) is 9.17. The van der Waals surface area contributed by atoms with Gasteiger partial charge in [-0.05, 0) is 43.5 Å². The van der Waals surface area contributed by atoms with Gasteiger partial charge in [-0.3, -0.25) is 4.79 Å². The predicted octanol–water partition coefficient (Wildman–Crippen LogP) is 3.02. The number of Topliss-reactive ketones (excluding diaryl/α,β-unsaturated/α-hetero) is 1. The Labute approximate surface area is 152 Å². The molecule has 2 heterocycles. The molecule has 4 rings (SSSR count). The highest BCUT2D eigenvalue weighted by molar-refractivity contribution is 5.99. The summed E-state index contributed by atoms with van der Waals surface area (Å²) in [4.78, 5) is 26.1. The monoisotopic (exact) mass is 354 g/mol. The number of aryl methyl sites for hydroxylation is 1. The molecule has 1 aliphatic carbocycles. The summed E-state index contributed by atoms with van der Waals surface area (Å²) in [6.45, 7) is 7.28. The van der Waals surface area contributed by atoms with Gasteiger partial charge in [-0.2, -0.15) is 0 Å². The van der Waals surface area contributed by atoms with E-state index < -0.39 is 0 Å². The van der Waals surface area contributed by atoms with Gasteiger partial charge in [0, 0.05) is 38.3 Å². The first-order chi connectivity index (χ1) is 12.5. The second-order valence-corrected chi connectivity index (χ2v) is 7.32. The number of carbonyl (C=O) groups is 1. The number of rotatable bonds is 2. The minimum absolute atomic E-state index is 0.170. The van der Waals surface area contributed by atoms with Gasteiger partial charge < -0.3 is 9.80 Å². The highest BCUT2D eigenvalue weighted by Crippen LogP contribution is 2.28. The Bertz CT molecular complexity index is 828. The van der Waals surface area contributed by atoms with Crippen molar-refractivity contribution in [2.45, 2.75) is 26.7 Å². The third-order valence-corrected chi connectivity index (χ3v) is 5.26. The number of halogens is 1. The molecule has 0 N–H and O–H groups in total. The van der Waals surface area contributed by atoms with Crippen molar-refractivity contribution < 1.29 is 9.18 Å². The largest absolute Gasteiger partial charge is 0.368 e. The second-order valence-electron chi connectivity index (χ2n) is 7.32. The topological polar surface area (TPSA) is 49.3 Å². The van der Waals surface area contributed by atoms with Gasteiger partial charge in [-0.25, -0.2) is 14.4 Å². The third kappa shape index (κ3) is 3.16. The number of hydrogen-bond acceptors (Lipinski definition) is 5. The zero-order valence-electron chi connectivity index (χ0n) is 15.2. The Morgan fingerprint density at radius 1 is 1.00 bits per heavy atom. The summed E-state index contributed by atoms with van der Waals surface area (Å²) in [5, 5.41) is 0. The van der Waals surface area contributed by atoms with Crippen LogP contribution in [-0.4, -0.2) is 41.9 Å². The molecular formula is C20H23FN4O. The van der Waals surface area contributed by atoms with Gasteiger partial charge >= 0.3 is 0 Å². The number of piperazine rings is 1. The van der Waals surface area contributed by atoms with Crippen molar-refractivity contribution in [2.75, 3.05) is 36.0 Å². The summed E-state index contributed by atoms with van der Waals surface area (Å²) in [5.74, 6) is 1.02. The summed E-state index contributed by atoms with van der Waals surface area (Å²) in [6.07, 6.45) is 1.43. The summed E-state index contributed by atoms with van der Waals surface area (Å²) in [6, 6.07) is 6.63. The predicted molar refractivity (Wildman–Crippen MR) is 99.4 cm³/mol.